The summed E-state index contributed by atoms with van der Waals surface area (Å²) in [7, 11) is 0. The van der Waals surface area contributed by atoms with Gasteiger partial charge in [-0.2, -0.15) is 0 Å². The van der Waals surface area contributed by atoms with Crippen molar-refractivity contribution in [3.8, 4) is 11.3 Å². The molecule has 132 valence electrons. The van der Waals surface area contributed by atoms with Gasteiger partial charge in [-0.15, -0.1) is 0 Å². The fourth-order valence-electron chi connectivity index (χ4n) is 2.53. The van der Waals surface area contributed by atoms with Gasteiger partial charge in [-0.1, -0.05) is 47.5 Å². The minimum atomic E-state index is -0.449. The number of halogens is 2. The van der Waals surface area contributed by atoms with Crippen molar-refractivity contribution in [3.05, 3.63) is 87.5 Å². The lowest BCUT2D eigenvalue weighted by atomic mass is 10.1. The molecule has 0 spiro atoms. The number of pyridine rings is 1. The summed E-state index contributed by atoms with van der Waals surface area (Å²) in [4.78, 5) is 15.8. The summed E-state index contributed by atoms with van der Waals surface area (Å²) in [5.74, 6) is -0.449. The molecular formula is C20H17Cl2N3O. The van der Waals surface area contributed by atoms with Gasteiger partial charge in [-0.05, 0) is 41.5 Å². The van der Waals surface area contributed by atoms with Crippen LogP contribution in [-0.2, 0) is 13.1 Å². The Kier molecular flexibility index (Phi) is 5.89. The van der Waals surface area contributed by atoms with Crippen LogP contribution in [0.4, 0.5) is 0 Å². The Labute approximate surface area is 162 Å². The first-order valence-corrected chi connectivity index (χ1v) is 8.78. The number of aromatic nitrogens is 1. The summed E-state index contributed by atoms with van der Waals surface area (Å²) in [6.45, 7) is 1.36. The van der Waals surface area contributed by atoms with Crippen LogP contribution in [0.25, 0.3) is 11.3 Å². The number of rotatable bonds is 6. The highest BCUT2D eigenvalue weighted by atomic mass is 35.5. The van der Waals surface area contributed by atoms with Gasteiger partial charge in [0.15, 0.2) is 0 Å². The van der Waals surface area contributed by atoms with Gasteiger partial charge in [0.1, 0.15) is 0 Å². The van der Waals surface area contributed by atoms with Crippen molar-refractivity contribution in [2.45, 2.75) is 13.1 Å². The van der Waals surface area contributed by atoms with Crippen LogP contribution in [0.2, 0.25) is 10.0 Å². The van der Waals surface area contributed by atoms with Gasteiger partial charge in [0, 0.05) is 30.4 Å². The number of amides is 1. The maximum atomic E-state index is 11.3. The Morgan fingerprint density at radius 2 is 1.73 bits per heavy atom. The first-order valence-electron chi connectivity index (χ1n) is 8.03. The third kappa shape index (κ3) is 4.61. The van der Waals surface area contributed by atoms with Gasteiger partial charge >= 0.3 is 0 Å². The van der Waals surface area contributed by atoms with Crippen LogP contribution >= 0.6 is 23.2 Å². The van der Waals surface area contributed by atoms with Crippen molar-refractivity contribution in [1.29, 1.82) is 0 Å². The van der Waals surface area contributed by atoms with Crippen LogP contribution in [0.3, 0.4) is 0 Å². The monoisotopic (exact) mass is 385 g/mol. The van der Waals surface area contributed by atoms with Crippen molar-refractivity contribution in [3.63, 3.8) is 0 Å². The van der Waals surface area contributed by atoms with Crippen molar-refractivity contribution >= 4 is 29.1 Å². The molecule has 3 N–H and O–H groups in total. The zero-order valence-corrected chi connectivity index (χ0v) is 15.4. The van der Waals surface area contributed by atoms with Gasteiger partial charge in [-0.25, -0.2) is 0 Å². The number of primary amides is 1. The van der Waals surface area contributed by atoms with E-state index in [0.29, 0.717) is 28.7 Å². The Balaban J connectivity index is 1.61. The number of carbonyl (C=O) groups excluding carboxylic acids is 1. The summed E-state index contributed by atoms with van der Waals surface area (Å²) in [6.07, 6.45) is 1.81. The van der Waals surface area contributed by atoms with E-state index in [1.165, 1.54) is 0 Å². The van der Waals surface area contributed by atoms with Crippen molar-refractivity contribution < 1.29 is 4.79 Å². The lowest BCUT2D eigenvalue weighted by molar-refractivity contribution is 0.100. The Hall–Kier alpha value is -2.40. The van der Waals surface area contributed by atoms with E-state index in [-0.39, 0.29) is 0 Å². The van der Waals surface area contributed by atoms with E-state index in [2.05, 4.69) is 10.3 Å². The molecule has 1 amide bonds. The van der Waals surface area contributed by atoms with Crippen LogP contribution in [-0.4, -0.2) is 10.9 Å². The van der Waals surface area contributed by atoms with Crippen LogP contribution < -0.4 is 11.1 Å². The molecule has 3 rings (SSSR count). The first-order chi connectivity index (χ1) is 12.5. The molecule has 4 nitrogen and oxygen atoms in total. The summed E-state index contributed by atoms with van der Waals surface area (Å²) in [6, 6.07) is 16.6. The largest absolute Gasteiger partial charge is 0.366 e. The molecule has 0 saturated carbocycles. The molecule has 6 heteroatoms. The van der Waals surface area contributed by atoms with E-state index in [1.54, 1.807) is 24.3 Å². The number of hydrogen-bond donors (Lipinski definition) is 2. The van der Waals surface area contributed by atoms with Crippen molar-refractivity contribution in [1.82, 2.24) is 10.3 Å². The molecule has 1 heterocycles. The molecule has 26 heavy (non-hydrogen) atoms. The standard InChI is InChI=1S/C20H17Cl2N3O/c21-17-6-4-13(8-18(17)22)10-24-11-14-5-7-19(25-12-14)15-2-1-3-16(9-15)20(23)26/h1-9,12,24H,10-11H2,(H2,23,26). The normalized spacial score (nSPS) is 10.7. The van der Waals surface area contributed by atoms with E-state index < -0.39 is 5.91 Å². The lowest BCUT2D eigenvalue weighted by Gasteiger charge is -2.07. The van der Waals surface area contributed by atoms with Crippen LogP contribution in [0.15, 0.2) is 60.8 Å². The van der Waals surface area contributed by atoms with Crippen molar-refractivity contribution in [2.24, 2.45) is 5.73 Å². The maximum absolute atomic E-state index is 11.3. The van der Waals surface area contributed by atoms with E-state index in [9.17, 15) is 4.79 Å². The third-order valence-corrected chi connectivity index (χ3v) is 4.65. The second-order valence-corrected chi connectivity index (χ2v) is 6.66. The molecule has 0 saturated heterocycles. The Bertz CT molecular complexity index is 927. The van der Waals surface area contributed by atoms with Gasteiger partial charge < -0.3 is 11.1 Å². The average molecular weight is 386 g/mol. The average Bonchev–Trinajstić information content (AvgIpc) is 2.65. The van der Waals surface area contributed by atoms with Gasteiger partial charge in [0.05, 0.1) is 15.7 Å². The fourth-order valence-corrected chi connectivity index (χ4v) is 2.85. The minimum Gasteiger partial charge on any atom is -0.366 e. The highest BCUT2D eigenvalue weighted by Gasteiger charge is 2.05. The molecule has 1 aromatic heterocycles. The number of benzene rings is 2. The predicted molar refractivity (Wildman–Crippen MR) is 105 cm³/mol. The molecule has 0 aliphatic carbocycles. The SMILES string of the molecule is NC(=O)c1cccc(-c2ccc(CNCc3ccc(Cl)c(Cl)c3)cn2)c1. The van der Waals surface area contributed by atoms with Gasteiger partial charge in [0.2, 0.25) is 5.91 Å². The zero-order valence-electron chi connectivity index (χ0n) is 13.9. The molecule has 3 aromatic rings. The predicted octanol–water partition coefficient (Wildman–Crippen LogP) is 4.44. The number of nitrogens with two attached hydrogens (primary N) is 1. The Morgan fingerprint density at radius 1 is 0.962 bits per heavy atom. The molecule has 0 radical (unpaired) electrons. The molecule has 0 atom stereocenters. The van der Waals surface area contributed by atoms with Crippen LogP contribution in [0, 0.1) is 0 Å². The van der Waals surface area contributed by atoms with E-state index in [0.717, 1.165) is 22.4 Å². The summed E-state index contributed by atoms with van der Waals surface area (Å²) >= 11 is 11.9. The quantitative estimate of drug-likeness (QED) is 0.658. The smallest absolute Gasteiger partial charge is 0.248 e. The molecule has 2 aromatic carbocycles. The van der Waals surface area contributed by atoms with E-state index in [4.69, 9.17) is 28.9 Å². The molecule has 0 unspecified atom stereocenters. The van der Waals surface area contributed by atoms with E-state index in [1.807, 2.05) is 36.5 Å². The lowest BCUT2D eigenvalue weighted by Crippen LogP contribution is -2.12. The third-order valence-electron chi connectivity index (χ3n) is 3.91. The highest BCUT2D eigenvalue weighted by Crippen LogP contribution is 2.22. The van der Waals surface area contributed by atoms with E-state index >= 15 is 0 Å². The minimum absolute atomic E-state index is 0.449. The second-order valence-electron chi connectivity index (χ2n) is 5.85. The van der Waals surface area contributed by atoms with Gasteiger partial charge in [0.25, 0.3) is 0 Å². The fraction of sp³-hybridized carbons (Fsp3) is 0.100. The Morgan fingerprint density at radius 3 is 2.42 bits per heavy atom. The summed E-state index contributed by atoms with van der Waals surface area (Å²) < 4.78 is 0. The topological polar surface area (TPSA) is 68.0 Å². The van der Waals surface area contributed by atoms with Crippen LogP contribution in [0.5, 0.6) is 0 Å². The first kappa shape index (κ1) is 18.4. The molecule has 0 bridgehead atoms. The van der Waals surface area contributed by atoms with Gasteiger partial charge in [-0.3, -0.25) is 9.78 Å². The van der Waals surface area contributed by atoms with Crippen LogP contribution in [0.1, 0.15) is 21.5 Å². The zero-order chi connectivity index (χ0) is 18.5. The molecule has 0 aliphatic heterocycles. The summed E-state index contributed by atoms with van der Waals surface area (Å²) in [5, 5.41) is 4.45. The number of nitrogens with one attached hydrogen (secondary N) is 1. The molecule has 0 aliphatic rings. The number of nitrogens with zero attached hydrogens (tertiary/aromatic N) is 1. The molecule has 0 fully saturated rings. The highest BCUT2D eigenvalue weighted by molar-refractivity contribution is 6.42. The summed E-state index contributed by atoms with van der Waals surface area (Å²) in [5.41, 5.74) is 9.56. The number of carbonyl (C=O) groups is 1. The van der Waals surface area contributed by atoms with Crippen molar-refractivity contribution in [2.75, 3.05) is 0 Å². The second kappa shape index (κ2) is 8.32. The number of hydrogen-bond acceptors (Lipinski definition) is 3. The maximum Gasteiger partial charge on any atom is 0.248 e. The molecular weight excluding hydrogens is 369 g/mol.